The minimum absolute atomic E-state index is 0.0282. The molecule has 108 valence electrons. The van der Waals surface area contributed by atoms with Crippen molar-refractivity contribution in [2.24, 2.45) is 5.73 Å². The molecule has 0 aromatic heterocycles. The highest BCUT2D eigenvalue weighted by Crippen LogP contribution is 2.22. The number of hydrogen-bond donors (Lipinski definition) is 1. The Kier molecular flexibility index (Phi) is 4.74. The second-order valence-corrected chi connectivity index (χ2v) is 5.01. The van der Waals surface area contributed by atoms with E-state index in [-0.39, 0.29) is 11.9 Å². The summed E-state index contributed by atoms with van der Waals surface area (Å²) in [5.74, 6) is -0.872. The maximum Gasteiger partial charge on any atom is 0.239 e. The number of likely N-dealkylation sites (N-methyl/N-ethyl adjacent to an activating group) is 1. The molecule has 2 atom stereocenters. The molecule has 1 amide bonds. The Morgan fingerprint density at radius 3 is 3.00 bits per heavy atom. The fourth-order valence-electron chi connectivity index (χ4n) is 2.46. The van der Waals surface area contributed by atoms with Crippen molar-refractivity contribution in [3.63, 3.8) is 0 Å². The van der Waals surface area contributed by atoms with Gasteiger partial charge >= 0.3 is 0 Å². The van der Waals surface area contributed by atoms with Crippen molar-refractivity contribution in [1.29, 1.82) is 0 Å². The van der Waals surface area contributed by atoms with Crippen LogP contribution in [0.5, 0.6) is 0 Å². The Labute approximate surface area is 118 Å². The molecule has 0 spiro atoms. The Morgan fingerprint density at radius 1 is 1.60 bits per heavy atom. The van der Waals surface area contributed by atoms with Crippen LogP contribution in [0.4, 0.5) is 4.39 Å². The average molecular weight is 278 g/mol. The molecule has 0 radical (unpaired) electrons. The van der Waals surface area contributed by atoms with Gasteiger partial charge in [-0.1, -0.05) is 12.1 Å². The molecule has 2 rings (SSSR count). The van der Waals surface area contributed by atoms with Crippen LogP contribution in [0.25, 0.3) is 0 Å². The van der Waals surface area contributed by atoms with Gasteiger partial charge in [0.1, 0.15) is 18.0 Å². The Hall–Kier alpha value is -1.88. The van der Waals surface area contributed by atoms with E-state index >= 15 is 0 Å². The van der Waals surface area contributed by atoms with Gasteiger partial charge in [-0.05, 0) is 43.7 Å². The second kappa shape index (κ2) is 6.52. The van der Waals surface area contributed by atoms with Gasteiger partial charge in [0.05, 0.1) is 6.26 Å². The van der Waals surface area contributed by atoms with Crippen LogP contribution in [-0.2, 0) is 9.53 Å². The lowest BCUT2D eigenvalue weighted by molar-refractivity contribution is -0.123. The number of carbonyl (C=O) groups is 1. The van der Waals surface area contributed by atoms with E-state index in [1.807, 2.05) is 6.08 Å². The van der Waals surface area contributed by atoms with Crippen LogP contribution in [0.1, 0.15) is 24.4 Å². The molecule has 4 nitrogen and oxygen atoms in total. The molecule has 0 saturated heterocycles. The number of amides is 1. The smallest absolute Gasteiger partial charge is 0.239 e. The lowest BCUT2D eigenvalue weighted by Gasteiger charge is -2.30. The number of allylic oxidation sites excluding steroid dienone is 1. The SMILES string of the molecule is CN(C[C@H]1CCC=CO1)[C@@H](C(N)=O)c1cccc(F)c1. The molecule has 1 aromatic carbocycles. The second-order valence-electron chi connectivity index (χ2n) is 5.01. The number of benzene rings is 1. The van der Waals surface area contributed by atoms with Gasteiger partial charge in [0.25, 0.3) is 0 Å². The van der Waals surface area contributed by atoms with Gasteiger partial charge in [0.15, 0.2) is 0 Å². The van der Waals surface area contributed by atoms with Gasteiger partial charge in [0, 0.05) is 6.54 Å². The lowest BCUT2D eigenvalue weighted by Crippen LogP contribution is -2.40. The topological polar surface area (TPSA) is 55.6 Å². The summed E-state index contributed by atoms with van der Waals surface area (Å²) in [6.45, 7) is 0.564. The summed E-state index contributed by atoms with van der Waals surface area (Å²) in [5, 5.41) is 0. The maximum atomic E-state index is 13.3. The number of nitrogens with two attached hydrogens (primary N) is 1. The van der Waals surface area contributed by atoms with Crippen LogP contribution < -0.4 is 5.73 Å². The summed E-state index contributed by atoms with van der Waals surface area (Å²) >= 11 is 0. The summed E-state index contributed by atoms with van der Waals surface area (Å²) in [6, 6.07) is 5.31. The molecule has 20 heavy (non-hydrogen) atoms. The molecule has 5 heteroatoms. The minimum Gasteiger partial charge on any atom is -0.497 e. The fraction of sp³-hybridized carbons (Fsp3) is 0.400. The molecular weight excluding hydrogens is 259 g/mol. The standard InChI is InChI=1S/C15H19FN2O2/c1-18(10-13-7-2-3-8-20-13)14(15(17)19)11-5-4-6-12(16)9-11/h3-6,8-9,13-14H,2,7,10H2,1H3,(H2,17,19)/t13-,14-/m1/s1. The number of rotatable bonds is 5. The number of hydrogen-bond acceptors (Lipinski definition) is 3. The van der Waals surface area contributed by atoms with E-state index in [0.717, 1.165) is 12.8 Å². The molecule has 1 heterocycles. The summed E-state index contributed by atoms with van der Waals surface area (Å²) < 4.78 is 18.8. The van der Waals surface area contributed by atoms with Crippen LogP contribution in [0, 0.1) is 5.82 Å². The Morgan fingerprint density at radius 2 is 2.40 bits per heavy atom. The third-order valence-corrected chi connectivity index (χ3v) is 3.39. The Bertz CT molecular complexity index is 504. The summed E-state index contributed by atoms with van der Waals surface area (Å²) in [7, 11) is 1.79. The van der Waals surface area contributed by atoms with Crippen molar-refractivity contribution >= 4 is 5.91 Å². The normalized spacial score (nSPS) is 19.6. The zero-order valence-corrected chi connectivity index (χ0v) is 11.5. The summed E-state index contributed by atoms with van der Waals surface area (Å²) in [4.78, 5) is 13.5. The first-order chi connectivity index (χ1) is 9.58. The average Bonchev–Trinajstić information content (AvgIpc) is 2.39. The van der Waals surface area contributed by atoms with Gasteiger partial charge in [-0.15, -0.1) is 0 Å². The maximum absolute atomic E-state index is 13.3. The first-order valence-electron chi connectivity index (χ1n) is 6.63. The van der Waals surface area contributed by atoms with Crippen molar-refractivity contribution in [1.82, 2.24) is 4.90 Å². The molecule has 2 N–H and O–H groups in total. The van der Waals surface area contributed by atoms with Crippen molar-refractivity contribution in [3.05, 3.63) is 48.0 Å². The number of halogens is 1. The zero-order chi connectivity index (χ0) is 14.5. The highest BCUT2D eigenvalue weighted by Gasteiger charge is 2.26. The lowest BCUT2D eigenvalue weighted by atomic mass is 10.0. The molecule has 0 bridgehead atoms. The third-order valence-electron chi connectivity index (χ3n) is 3.39. The summed E-state index contributed by atoms with van der Waals surface area (Å²) in [5.41, 5.74) is 6.03. The quantitative estimate of drug-likeness (QED) is 0.896. The van der Waals surface area contributed by atoms with Crippen molar-refractivity contribution in [3.8, 4) is 0 Å². The molecule has 0 fully saturated rings. The van der Waals surface area contributed by atoms with Crippen LogP contribution in [-0.4, -0.2) is 30.5 Å². The van der Waals surface area contributed by atoms with E-state index < -0.39 is 11.9 Å². The highest BCUT2D eigenvalue weighted by atomic mass is 19.1. The van der Waals surface area contributed by atoms with Gasteiger partial charge in [-0.2, -0.15) is 0 Å². The van der Waals surface area contributed by atoms with Crippen LogP contribution in [0.15, 0.2) is 36.6 Å². The molecule has 0 saturated carbocycles. The predicted molar refractivity (Wildman–Crippen MR) is 74.2 cm³/mol. The minimum atomic E-state index is -0.653. The fourth-order valence-corrected chi connectivity index (χ4v) is 2.46. The number of primary amides is 1. The predicted octanol–water partition coefficient (Wildman–Crippen LogP) is 1.98. The molecule has 1 aliphatic rings. The van der Waals surface area contributed by atoms with Gasteiger partial charge in [-0.25, -0.2) is 4.39 Å². The molecule has 1 aliphatic heterocycles. The van der Waals surface area contributed by atoms with E-state index in [4.69, 9.17) is 10.5 Å². The molecule has 0 unspecified atom stereocenters. The van der Waals surface area contributed by atoms with Gasteiger partial charge in [-0.3, -0.25) is 9.69 Å². The number of nitrogens with zero attached hydrogens (tertiary/aromatic N) is 1. The number of carbonyl (C=O) groups excluding carboxylic acids is 1. The van der Waals surface area contributed by atoms with Crippen LogP contribution in [0.2, 0.25) is 0 Å². The Balaban J connectivity index is 2.11. The van der Waals surface area contributed by atoms with Crippen LogP contribution in [0.3, 0.4) is 0 Å². The van der Waals surface area contributed by atoms with Crippen LogP contribution >= 0.6 is 0 Å². The molecule has 1 aromatic rings. The van der Waals surface area contributed by atoms with E-state index in [1.165, 1.54) is 12.1 Å². The van der Waals surface area contributed by atoms with E-state index in [9.17, 15) is 9.18 Å². The first-order valence-corrected chi connectivity index (χ1v) is 6.63. The monoisotopic (exact) mass is 278 g/mol. The van der Waals surface area contributed by atoms with E-state index in [0.29, 0.717) is 12.1 Å². The van der Waals surface area contributed by atoms with Crippen molar-refractivity contribution < 1.29 is 13.9 Å². The van der Waals surface area contributed by atoms with Gasteiger partial charge < -0.3 is 10.5 Å². The zero-order valence-electron chi connectivity index (χ0n) is 11.5. The third kappa shape index (κ3) is 3.57. The van der Waals surface area contributed by atoms with E-state index in [2.05, 4.69) is 0 Å². The summed E-state index contributed by atoms with van der Waals surface area (Å²) in [6.07, 6.45) is 5.54. The van der Waals surface area contributed by atoms with Crippen molar-refractivity contribution in [2.45, 2.75) is 25.0 Å². The number of ether oxygens (including phenoxy) is 1. The molecular formula is C15H19FN2O2. The van der Waals surface area contributed by atoms with E-state index in [1.54, 1.807) is 30.3 Å². The van der Waals surface area contributed by atoms with Crippen molar-refractivity contribution in [2.75, 3.05) is 13.6 Å². The molecule has 0 aliphatic carbocycles. The largest absolute Gasteiger partial charge is 0.497 e. The first kappa shape index (κ1) is 14.5. The van der Waals surface area contributed by atoms with Gasteiger partial charge in [0.2, 0.25) is 5.91 Å². The highest BCUT2D eigenvalue weighted by molar-refractivity contribution is 5.81.